The number of carbonyl (C=O) groups is 1. The van der Waals surface area contributed by atoms with Crippen LogP contribution >= 0.6 is 0 Å². The summed E-state index contributed by atoms with van der Waals surface area (Å²) in [4.78, 5) is 38.3. The Kier molecular flexibility index (Phi) is 7.61. The van der Waals surface area contributed by atoms with Gasteiger partial charge in [0.1, 0.15) is 11.3 Å². The van der Waals surface area contributed by atoms with E-state index < -0.39 is 22.8 Å². The lowest BCUT2D eigenvalue weighted by Crippen LogP contribution is -2.20. The number of benzene rings is 2. The molecule has 0 aliphatic rings. The van der Waals surface area contributed by atoms with Crippen molar-refractivity contribution in [3.8, 4) is 28.5 Å². The van der Waals surface area contributed by atoms with E-state index in [4.69, 9.17) is 9.47 Å². The number of pyridine rings is 3. The molecule has 0 radical (unpaired) electrons. The zero-order valence-electron chi connectivity index (χ0n) is 23.0. The number of halogens is 2. The van der Waals surface area contributed by atoms with Crippen LogP contribution in [0.4, 0.5) is 8.78 Å². The SMILES string of the molecule is CCc1cc2nccc(Oc3ccc(CC(=O)c4c[nH]c(C)c(-c5ccc(F)cc5C)c4=O)cc3F)c2nc1OC. The van der Waals surface area contributed by atoms with Gasteiger partial charge in [-0.1, -0.05) is 19.1 Å². The van der Waals surface area contributed by atoms with Gasteiger partial charge in [-0.15, -0.1) is 0 Å². The second kappa shape index (κ2) is 11.3. The van der Waals surface area contributed by atoms with E-state index in [1.807, 2.05) is 13.0 Å². The number of aryl methyl sites for hydroxylation is 3. The second-order valence-corrected chi connectivity index (χ2v) is 9.64. The lowest BCUT2D eigenvalue weighted by molar-refractivity contribution is 0.0991. The first-order valence-corrected chi connectivity index (χ1v) is 13.0. The van der Waals surface area contributed by atoms with Crippen LogP contribution in [0.15, 0.2) is 65.7 Å². The minimum atomic E-state index is -0.683. The first-order valence-electron chi connectivity index (χ1n) is 13.0. The van der Waals surface area contributed by atoms with Crippen LogP contribution in [0, 0.1) is 25.5 Å². The Morgan fingerprint density at radius 2 is 1.83 bits per heavy atom. The zero-order valence-corrected chi connectivity index (χ0v) is 23.0. The van der Waals surface area contributed by atoms with E-state index in [0.717, 1.165) is 5.56 Å². The van der Waals surface area contributed by atoms with E-state index in [0.29, 0.717) is 57.0 Å². The molecule has 9 heteroatoms. The fraction of sp³-hybridized carbons (Fsp3) is 0.188. The quantitative estimate of drug-likeness (QED) is 0.215. The Hall–Kier alpha value is -4.92. The van der Waals surface area contributed by atoms with Crippen LogP contribution in [-0.2, 0) is 12.8 Å². The summed E-state index contributed by atoms with van der Waals surface area (Å²) in [6, 6.07) is 11.8. The van der Waals surface area contributed by atoms with Crippen LogP contribution in [0.3, 0.4) is 0 Å². The maximum absolute atomic E-state index is 15.2. The van der Waals surface area contributed by atoms with E-state index in [-0.39, 0.29) is 17.7 Å². The molecule has 0 saturated carbocycles. The standard InChI is InChI=1S/C32H27F2N3O4/c1-5-20-15-25-30(37-32(20)40-4)28(10-11-35-25)41-27-9-6-19(13-24(27)34)14-26(38)23-16-36-18(3)29(31(23)39)22-8-7-21(33)12-17(22)2/h6-13,15-16H,5,14H2,1-4H3,(H,36,39). The zero-order chi connectivity index (χ0) is 29.3. The van der Waals surface area contributed by atoms with Crippen LogP contribution in [0.2, 0.25) is 0 Å². The number of carbonyl (C=O) groups excluding carboxylic acids is 1. The molecule has 0 fully saturated rings. The summed E-state index contributed by atoms with van der Waals surface area (Å²) in [5, 5.41) is 0. The summed E-state index contributed by atoms with van der Waals surface area (Å²) in [5.74, 6) is -0.900. The smallest absolute Gasteiger partial charge is 0.217 e. The van der Waals surface area contributed by atoms with Gasteiger partial charge < -0.3 is 14.5 Å². The molecule has 5 aromatic rings. The van der Waals surface area contributed by atoms with Crippen molar-refractivity contribution in [2.24, 2.45) is 0 Å². The average molecular weight is 556 g/mol. The van der Waals surface area contributed by atoms with Crippen molar-refractivity contribution in [2.45, 2.75) is 33.6 Å². The van der Waals surface area contributed by atoms with Crippen molar-refractivity contribution < 1.29 is 23.0 Å². The van der Waals surface area contributed by atoms with E-state index in [1.165, 1.54) is 43.6 Å². The minimum Gasteiger partial charge on any atom is -0.481 e. The number of aromatic nitrogens is 3. The Bertz CT molecular complexity index is 1870. The number of ketones is 1. The van der Waals surface area contributed by atoms with Crippen LogP contribution in [-0.4, -0.2) is 27.8 Å². The number of Topliss-reactive ketones (excluding diaryl/α,β-unsaturated/α-hetero) is 1. The topological polar surface area (TPSA) is 94.2 Å². The summed E-state index contributed by atoms with van der Waals surface area (Å²) in [6.07, 6.45) is 3.41. The Morgan fingerprint density at radius 3 is 2.54 bits per heavy atom. The van der Waals surface area contributed by atoms with Crippen LogP contribution < -0.4 is 14.9 Å². The molecule has 3 heterocycles. The number of rotatable bonds is 8. The Labute approximate surface area is 234 Å². The molecule has 41 heavy (non-hydrogen) atoms. The van der Waals surface area contributed by atoms with Gasteiger partial charge in [0.25, 0.3) is 0 Å². The summed E-state index contributed by atoms with van der Waals surface area (Å²) < 4.78 is 40.0. The van der Waals surface area contributed by atoms with Crippen molar-refractivity contribution in [2.75, 3.05) is 7.11 Å². The molecule has 0 amide bonds. The fourth-order valence-electron chi connectivity index (χ4n) is 4.78. The molecule has 1 N–H and O–H groups in total. The summed E-state index contributed by atoms with van der Waals surface area (Å²) >= 11 is 0. The number of fused-ring (bicyclic) bond motifs is 1. The molecule has 0 atom stereocenters. The number of aromatic amines is 1. The third-order valence-corrected chi connectivity index (χ3v) is 6.91. The van der Waals surface area contributed by atoms with E-state index in [2.05, 4.69) is 15.0 Å². The van der Waals surface area contributed by atoms with Crippen molar-refractivity contribution in [1.82, 2.24) is 15.0 Å². The molecule has 3 aromatic heterocycles. The molecule has 0 unspecified atom stereocenters. The number of methoxy groups -OCH3 is 1. The van der Waals surface area contributed by atoms with Gasteiger partial charge in [-0.3, -0.25) is 14.6 Å². The van der Waals surface area contributed by atoms with Crippen molar-refractivity contribution >= 4 is 16.8 Å². The third-order valence-electron chi connectivity index (χ3n) is 6.91. The number of hydrogen-bond acceptors (Lipinski definition) is 6. The molecule has 2 aromatic carbocycles. The van der Waals surface area contributed by atoms with Crippen LogP contribution in [0.5, 0.6) is 17.4 Å². The maximum Gasteiger partial charge on any atom is 0.217 e. The highest BCUT2D eigenvalue weighted by Gasteiger charge is 2.20. The molecule has 7 nitrogen and oxygen atoms in total. The highest BCUT2D eigenvalue weighted by molar-refractivity contribution is 5.98. The Balaban J connectivity index is 1.41. The largest absolute Gasteiger partial charge is 0.481 e. The number of H-pyrrole nitrogens is 1. The van der Waals surface area contributed by atoms with Gasteiger partial charge in [-0.25, -0.2) is 13.8 Å². The van der Waals surface area contributed by atoms with E-state index in [1.54, 1.807) is 32.2 Å². The van der Waals surface area contributed by atoms with E-state index in [9.17, 15) is 14.0 Å². The highest BCUT2D eigenvalue weighted by Crippen LogP contribution is 2.32. The number of nitrogens with one attached hydrogen (secondary N) is 1. The van der Waals surface area contributed by atoms with Gasteiger partial charge in [0.2, 0.25) is 5.88 Å². The number of ether oxygens (including phenoxy) is 2. The van der Waals surface area contributed by atoms with Gasteiger partial charge in [-0.2, -0.15) is 0 Å². The van der Waals surface area contributed by atoms with Gasteiger partial charge in [0, 0.05) is 41.7 Å². The molecule has 208 valence electrons. The minimum absolute atomic E-state index is 0.0590. The Morgan fingerprint density at radius 1 is 1.02 bits per heavy atom. The molecule has 0 bridgehead atoms. The molecular formula is C32H27F2N3O4. The van der Waals surface area contributed by atoms with Crippen LogP contribution in [0.25, 0.3) is 22.2 Å². The molecule has 0 saturated heterocycles. The normalized spacial score (nSPS) is 11.1. The van der Waals surface area contributed by atoms with Crippen molar-refractivity contribution in [3.05, 3.63) is 111 Å². The second-order valence-electron chi connectivity index (χ2n) is 9.64. The summed E-state index contributed by atoms with van der Waals surface area (Å²) in [6.45, 7) is 5.39. The predicted octanol–water partition coefficient (Wildman–Crippen LogP) is 6.67. The first-order chi connectivity index (χ1) is 19.7. The van der Waals surface area contributed by atoms with Gasteiger partial charge in [0.05, 0.1) is 18.2 Å². The average Bonchev–Trinajstić information content (AvgIpc) is 2.94. The van der Waals surface area contributed by atoms with Crippen LogP contribution in [0.1, 0.15) is 39.7 Å². The van der Waals surface area contributed by atoms with Gasteiger partial charge >= 0.3 is 0 Å². The maximum atomic E-state index is 15.2. The van der Waals surface area contributed by atoms with Gasteiger partial charge in [0.15, 0.2) is 28.5 Å². The highest BCUT2D eigenvalue weighted by atomic mass is 19.1. The molecule has 0 aliphatic heterocycles. The number of nitrogens with zero attached hydrogens (tertiary/aromatic N) is 2. The molecule has 0 aliphatic carbocycles. The number of hydrogen-bond donors (Lipinski definition) is 1. The lowest BCUT2D eigenvalue weighted by Gasteiger charge is -2.12. The predicted molar refractivity (Wildman–Crippen MR) is 152 cm³/mol. The fourth-order valence-corrected chi connectivity index (χ4v) is 4.78. The summed E-state index contributed by atoms with van der Waals surface area (Å²) in [5.41, 5.74) is 3.68. The van der Waals surface area contributed by atoms with Gasteiger partial charge in [-0.05, 0) is 67.3 Å². The molecule has 5 rings (SSSR count). The van der Waals surface area contributed by atoms with E-state index >= 15 is 4.39 Å². The van der Waals surface area contributed by atoms with Crippen molar-refractivity contribution in [3.63, 3.8) is 0 Å². The summed E-state index contributed by atoms with van der Waals surface area (Å²) in [7, 11) is 1.53. The third kappa shape index (κ3) is 5.43. The molecular weight excluding hydrogens is 528 g/mol. The first kappa shape index (κ1) is 27.6. The lowest BCUT2D eigenvalue weighted by atomic mass is 9.95. The monoisotopic (exact) mass is 555 g/mol. The molecule has 0 spiro atoms. The van der Waals surface area contributed by atoms with Crippen molar-refractivity contribution in [1.29, 1.82) is 0 Å².